The largest absolute Gasteiger partial charge is 0.493 e. The van der Waals surface area contributed by atoms with Crippen molar-refractivity contribution in [2.45, 2.75) is 0 Å². The fraction of sp³-hybridized carbons (Fsp3) is 0.111. The summed E-state index contributed by atoms with van der Waals surface area (Å²) in [6, 6.07) is 9.29. The molecule has 2 aromatic carbocycles. The van der Waals surface area contributed by atoms with Crippen molar-refractivity contribution in [3.8, 4) is 11.5 Å². The maximum atomic E-state index is 12.7. The van der Waals surface area contributed by atoms with Gasteiger partial charge < -0.3 is 9.47 Å². The van der Waals surface area contributed by atoms with Gasteiger partial charge in [-0.3, -0.25) is 25.1 Å². The Labute approximate surface area is 167 Å². The van der Waals surface area contributed by atoms with Crippen LogP contribution in [0.15, 0.2) is 46.4 Å². The topological polar surface area (TPSA) is 111 Å². The number of rotatable bonds is 5. The van der Waals surface area contributed by atoms with Gasteiger partial charge in [-0.15, -0.1) is 0 Å². The summed E-state index contributed by atoms with van der Waals surface area (Å²) in [5.41, 5.74) is 2.36. The SMILES string of the molecule is COc1cc(C=C2C(=O)NN(c3cccc(Br)c3)C2=O)c([N+](=O)[O-])cc1OC. The van der Waals surface area contributed by atoms with E-state index < -0.39 is 16.7 Å². The van der Waals surface area contributed by atoms with E-state index in [9.17, 15) is 19.7 Å². The highest BCUT2D eigenvalue weighted by molar-refractivity contribution is 9.10. The van der Waals surface area contributed by atoms with E-state index in [2.05, 4.69) is 21.4 Å². The van der Waals surface area contributed by atoms with E-state index in [1.165, 1.54) is 26.4 Å². The molecule has 2 amide bonds. The zero-order valence-electron chi connectivity index (χ0n) is 14.8. The van der Waals surface area contributed by atoms with Crippen LogP contribution in [0.25, 0.3) is 6.08 Å². The Balaban J connectivity index is 2.07. The number of nitrogens with one attached hydrogen (secondary N) is 1. The van der Waals surface area contributed by atoms with Crippen LogP contribution in [0.2, 0.25) is 0 Å². The first kappa shape index (κ1) is 19.4. The molecular formula is C18H14BrN3O6. The molecular weight excluding hydrogens is 434 g/mol. The van der Waals surface area contributed by atoms with Gasteiger partial charge in [0.25, 0.3) is 17.5 Å². The monoisotopic (exact) mass is 447 g/mol. The summed E-state index contributed by atoms with van der Waals surface area (Å²) in [6.45, 7) is 0. The number of anilines is 1. The van der Waals surface area contributed by atoms with Gasteiger partial charge in [-0.05, 0) is 30.3 Å². The Morgan fingerprint density at radius 3 is 2.43 bits per heavy atom. The summed E-state index contributed by atoms with van der Waals surface area (Å²) in [7, 11) is 2.73. The first-order chi connectivity index (χ1) is 13.3. The van der Waals surface area contributed by atoms with Crippen molar-refractivity contribution in [2.24, 2.45) is 0 Å². The molecule has 0 bridgehead atoms. The second-order valence-corrected chi connectivity index (χ2v) is 6.56. The van der Waals surface area contributed by atoms with Crippen molar-refractivity contribution >= 4 is 45.2 Å². The van der Waals surface area contributed by atoms with Crippen LogP contribution >= 0.6 is 15.9 Å². The summed E-state index contributed by atoms with van der Waals surface area (Å²) in [5.74, 6) is -0.912. The minimum atomic E-state index is -0.672. The Morgan fingerprint density at radius 2 is 1.82 bits per heavy atom. The number of nitrogens with zero attached hydrogens (tertiary/aromatic N) is 2. The number of hydrazine groups is 1. The van der Waals surface area contributed by atoms with E-state index in [0.717, 1.165) is 15.6 Å². The van der Waals surface area contributed by atoms with Gasteiger partial charge in [-0.2, -0.15) is 0 Å². The second-order valence-electron chi connectivity index (χ2n) is 5.64. The van der Waals surface area contributed by atoms with Crippen molar-refractivity contribution in [1.29, 1.82) is 0 Å². The van der Waals surface area contributed by atoms with Gasteiger partial charge in [0.15, 0.2) is 11.5 Å². The molecule has 0 aliphatic carbocycles. The van der Waals surface area contributed by atoms with E-state index in [0.29, 0.717) is 5.69 Å². The highest BCUT2D eigenvalue weighted by atomic mass is 79.9. The first-order valence-corrected chi connectivity index (χ1v) is 8.68. The van der Waals surface area contributed by atoms with Gasteiger partial charge in [0.2, 0.25) is 0 Å². The number of hydrogen-bond acceptors (Lipinski definition) is 6. The fourth-order valence-electron chi connectivity index (χ4n) is 2.67. The van der Waals surface area contributed by atoms with Gasteiger partial charge in [0.1, 0.15) is 5.57 Å². The number of methoxy groups -OCH3 is 2. The third-order valence-electron chi connectivity index (χ3n) is 3.99. The lowest BCUT2D eigenvalue weighted by atomic mass is 10.1. The Morgan fingerprint density at radius 1 is 1.14 bits per heavy atom. The normalized spacial score (nSPS) is 15.0. The lowest BCUT2D eigenvalue weighted by Crippen LogP contribution is -2.35. The van der Waals surface area contributed by atoms with E-state index in [1.807, 2.05) is 0 Å². The second kappa shape index (κ2) is 7.69. The van der Waals surface area contributed by atoms with Gasteiger partial charge >= 0.3 is 0 Å². The summed E-state index contributed by atoms with van der Waals surface area (Å²) in [6.07, 6.45) is 1.16. The molecule has 1 N–H and O–H groups in total. The number of hydrogen-bond donors (Lipinski definition) is 1. The Hall–Kier alpha value is -3.40. The number of halogens is 1. The van der Waals surface area contributed by atoms with Gasteiger partial charge in [0.05, 0.1) is 36.5 Å². The molecule has 144 valence electrons. The van der Waals surface area contributed by atoms with Crippen LogP contribution in [0.4, 0.5) is 11.4 Å². The minimum Gasteiger partial charge on any atom is -0.493 e. The number of carbonyl (C=O) groups excluding carboxylic acids is 2. The molecule has 9 nitrogen and oxygen atoms in total. The van der Waals surface area contributed by atoms with Crippen LogP contribution < -0.4 is 19.9 Å². The molecule has 1 saturated heterocycles. The zero-order chi connectivity index (χ0) is 20.4. The lowest BCUT2D eigenvalue weighted by Gasteiger charge is -2.14. The average molecular weight is 448 g/mol. The number of carbonyl (C=O) groups is 2. The summed E-state index contributed by atoms with van der Waals surface area (Å²) in [4.78, 5) is 35.9. The molecule has 28 heavy (non-hydrogen) atoms. The van der Waals surface area contributed by atoms with E-state index >= 15 is 0 Å². The maximum Gasteiger partial charge on any atom is 0.282 e. The smallest absolute Gasteiger partial charge is 0.282 e. The van der Waals surface area contributed by atoms with Crippen molar-refractivity contribution in [3.05, 3.63) is 62.1 Å². The number of amides is 2. The molecule has 0 unspecified atom stereocenters. The summed E-state index contributed by atoms with van der Waals surface area (Å²) >= 11 is 3.30. The fourth-order valence-corrected chi connectivity index (χ4v) is 3.05. The van der Waals surface area contributed by atoms with Gasteiger partial charge in [0, 0.05) is 4.47 Å². The third kappa shape index (κ3) is 3.54. The van der Waals surface area contributed by atoms with Gasteiger partial charge in [-0.25, -0.2) is 5.01 Å². The minimum absolute atomic E-state index is 0.0391. The average Bonchev–Trinajstić information content (AvgIpc) is 2.95. The lowest BCUT2D eigenvalue weighted by molar-refractivity contribution is -0.385. The van der Waals surface area contributed by atoms with Crippen LogP contribution in [0.1, 0.15) is 5.56 Å². The Kier molecular flexibility index (Phi) is 5.32. The van der Waals surface area contributed by atoms with Crippen LogP contribution in [-0.2, 0) is 9.59 Å². The maximum absolute atomic E-state index is 12.7. The quantitative estimate of drug-likeness (QED) is 0.326. The standard InChI is InChI=1S/C18H14BrN3O6/c1-27-15-7-10(14(22(25)26)9-16(15)28-2)6-13-17(23)20-21(18(13)24)12-5-3-4-11(19)8-12/h3-9H,1-2H3,(H,20,23). The molecule has 0 atom stereocenters. The van der Waals surface area contributed by atoms with E-state index in [-0.39, 0.29) is 28.3 Å². The number of nitro benzene ring substituents is 1. The molecule has 3 rings (SSSR count). The summed E-state index contributed by atoms with van der Waals surface area (Å²) < 4.78 is 10.9. The predicted octanol–water partition coefficient (Wildman–Crippen LogP) is 2.84. The van der Waals surface area contributed by atoms with Gasteiger partial charge in [-0.1, -0.05) is 22.0 Å². The molecule has 1 fully saturated rings. The molecule has 10 heteroatoms. The molecule has 1 heterocycles. The highest BCUT2D eigenvalue weighted by Crippen LogP contribution is 2.36. The van der Waals surface area contributed by atoms with Crippen LogP contribution in [0.5, 0.6) is 11.5 Å². The van der Waals surface area contributed by atoms with Crippen molar-refractivity contribution in [1.82, 2.24) is 5.43 Å². The molecule has 0 aromatic heterocycles. The zero-order valence-corrected chi connectivity index (χ0v) is 16.3. The van der Waals surface area contributed by atoms with Crippen LogP contribution in [0.3, 0.4) is 0 Å². The summed E-state index contributed by atoms with van der Waals surface area (Å²) in [5, 5.41) is 12.5. The van der Waals surface area contributed by atoms with Crippen LogP contribution in [-0.4, -0.2) is 31.0 Å². The molecule has 2 aromatic rings. The molecule has 0 radical (unpaired) electrons. The molecule has 1 aliphatic heterocycles. The molecule has 0 saturated carbocycles. The highest BCUT2D eigenvalue weighted by Gasteiger charge is 2.35. The number of benzene rings is 2. The van der Waals surface area contributed by atoms with Crippen LogP contribution in [0, 0.1) is 10.1 Å². The van der Waals surface area contributed by atoms with E-state index in [1.54, 1.807) is 24.3 Å². The predicted molar refractivity (Wildman–Crippen MR) is 104 cm³/mol. The van der Waals surface area contributed by atoms with Crippen molar-refractivity contribution in [3.63, 3.8) is 0 Å². The van der Waals surface area contributed by atoms with Crippen molar-refractivity contribution < 1.29 is 24.0 Å². The van der Waals surface area contributed by atoms with E-state index in [4.69, 9.17) is 9.47 Å². The first-order valence-electron chi connectivity index (χ1n) is 7.88. The third-order valence-corrected chi connectivity index (χ3v) is 4.48. The van der Waals surface area contributed by atoms with Crippen molar-refractivity contribution in [2.75, 3.05) is 19.2 Å². The molecule has 1 aliphatic rings. The molecule has 0 spiro atoms. The number of ether oxygens (including phenoxy) is 2. The number of nitro groups is 1. The Bertz CT molecular complexity index is 1020.